The van der Waals surface area contributed by atoms with Crippen LogP contribution in [0.1, 0.15) is 45.4 Å². The molecule has 10 heteroatoms. The van der Waals surface area contributed by atoms with Crippen molar-refractivity contribution in [3.63, 3.8) is 0 Å². The molecule has 0 aromatic carbocycles. The van der Waals surface area contributed by atoms with E-state index in [9.17, 15) is 27.2 Å². The topological polar surface area (TPSA) is 60.2 Å². The zero-order chi connectivity index (χ0) is 19.1. The molecule has 0 aliphatic heterocycles. The molecule has 0 saturated heterocycles. The molecule has 0 unspecified atom stereocenters. The van der Waals surface area contributed by atoms with Crippen molar-refractivity contribution in [2.24, 2.45) is 17.6 Å². The number of ketones is 1. The minimum atomic E-state index is -2.34. The Bertz CT molecular complexity index is 347. The summed E-state index contributed by atoms with van der Waals surface area (Å²) in [5, 5.41) is -0.157. The Morgan fingerprint density at radius 1 is 1.12 bits per heavy atom. The van der Waals surface area contributed by atoms with Gasteiger partial charge in [-0.05, 0) is 37.3 Å². The second kappa shape index (κ2) is 19.4. The maximum absolute atomic E-state index is 11.5. The molecule has 2 saturated carbocycles. The third-order valence-electron chi connectivity index (χ3n) is 2.72. The Morgan fingerprint density at radius 2 is 1.48 bits per heavy atom. The van der Waals surface area contributed by atoms with Crippen molar-refractivity contribution in [3.8, 4) is 0 Å². The molecule has 1 radical (unpaired) electrons. The molecule has 25 heavy (non-hydrogen) atoms. The van der Waals surface area contributed by atoms with E-state index in [0.29, 0.717) is 0 Å². The predicted octanol–water partition coefficient (Wildman–Crippen LogP) is 4.98. The third-order valence-corrected chi connectivity index (χ3v) is 3.03. The Kier molecular flexibility index (Phi) is 23.5. The fraction of sp³-hybridized carbons (Fsp3) is 0.800. The maximum atomic E-state index is 11.5. The second-order valence-corrected chi connectivity index (χ2v) is 6.71. The number of carbonyl (C=O) groups excluding carboxylic acids is 2. The molecule has 0 aromatic rings. The Hall–Kier alpha value is 0.624. The molecule has 0 heterocycles. The normalized spacial score (nSPS) is 14.8. The van der Waals surface area contributed by atoms with Crippen molar-refractivity contribution >= 4 is 45.2 Å². The van der Waals surface area contributed by atoms with Crippen molar-refractivity contribution in [2.45, 2.75) is 58.3 Å². The average molecular weight is 540 g/mol. The summed E-state index contributed by atoms with van der Waals surface area (Å²) < 4.78 is 46.3. The number of rotatable bonds is 6. The quantitative estimate of drug-likeness (QED) is 0.224. The summed E-state index contributed by atoms with van der Waals surface area (Å²) >= 11 is 7.20. The average Bonchev–Trinajstić information content (AvgIpc) is 3.38. The zero-order valence-electron chi connectivity index (χ0n) is 13.9. The maximum Gasteiger partial charge on any atom is 0.250 e. The van der Waals surface area contributed by atoms with Gasteiger partial charge in [0.1, 0.15) is 5.78 Å². The van der Waals surface area contributed by atoms with Crippen molar-refractivity contribution in [1.82, 2.24) is 0 Å². The molecular weight excluding hydrogens is 515 g/mol. The molecule has 2 aliphatic carbocycles. The summed E-state index contributed by atoms with van der Waals surface area (Å²) in [5.41, 5.74) is 4.42. The van der Waals surface area contributed by atoms with Crippen LogP contribution in [0.3, 0.4) is 0 Å². The molecule has 0 bridgehead atoms. The summed E-state index contributed by atoms with van der Waals surface area (Å²) in [7, 11) is 0. The molecule has 2 fully saturated rings. The van der Waals surface area contributed by atoms with E-state index < -0.39 is 19.4 Å². The number of halogens is 6. The van der Waals surface area contributed by atoms with Gasteiger partial charge in [0.05, 0.1) is 6.54 Å². The van der Waals surface area contributed by atoms with E-state index in [4.69, 9.17) is 11.6 Å². The van der Waals surface area contributed by atoms with E-state index in [-0.39, 0.29) is 54.3 Å². The summed E-state index contributed by atoms with van der Waals surface area (Å²) in [6.45, 7) is 1.46. The van der Waals surface area contributed by atoms with Gasteiger partial charge in [-0.1, -0.05) is 0 Å². The molecule has 2 N–H and O–H groups in total. The molecule has 0 amide bonds. The fourth-order valence-electron chi connectivity index (χ4n) is 1.17. The van der Waals surface area contributed by atoms with Crippen LogP contribution in [0.25, 0.3) is 0 Å². The van der Waals surface area contributed by atoms with Gasteiger partial charge in [-0.25, -0.2) is 17.6 Å². The number of hydrogen-bond donors (Lipinski definition) is 1. The van der Waals surface area contributed by atoms with Crippen LogP contribution in [-0.2, 0) is 28.1 Å². The number of hydrogen-bond acceptors (Lipinski definition) is 3. The van der Waals surface area contributed by atoms with Gasteiger partial charge in [0.15, 0.2) is 0 Å². The second-order valence-electron chi connectivity index (χ2n) is 5.09. The van der Waals surface area contributed by atoms with E-state index in [1.165, 1.54) is 0 Å². The van der Waals surface area contributed by atoms with Gasteiger partial charge < -0.3 is 28.3 Å². The van der Waals surface area contributed by atoms with E-state index in [1.54, 1.807) is 0 Å². The van der Waals surface area contributed by atoms with Crippen LogP contribution >= 0.6 is 34.2 Å². The van der Waals surface area contributed by atoms with Crippen LogP contribution in [0.15, 0.2) is 0 Å². The Labute approximate surface area is 177 Å². The monoisotopic (exact) mass is 539 g/mol. The van der Waals surface area contributed by atoms with Crippen molar-refractivity contribution in [2.75, 3.05) is 6.54 Å². The van der Waals surface area contributed by atoms with E-state index in [0.717, 1.165) is 25.7 Å². The summed E-state index contributed by atoms with van der Waals surface area (Å²) in [5.74, 6) is 0.394. The van der Waals surface area contributed by atoms with Crippen LogP contribution in [0.5, 0.6) is 0 Å². The first-order valence-electron chi connectivity index (χ1n) is 7.55. The predicted molar refractivity (Wildman–Crippen MR) is 95.6 cm³/mol. The first kappa shape index (κ1) is 30.4. The first-order chi connectivity index (χ1) is 11.2. The van der Waals surface area contributed by atoms with Crippen LogP contribution in [-0.4, -0.2) is 30.4 Å². The van der Waals surface area contributed by atoms with E-state index >= 15 is 0 Å². The number of carbonyl (C=O) groups is 2. The van der Waals surface area contributed by atoms with Crippen LogP contribution < -0.4 is 5.73 Å². The smallest absolute Gasteiger partial charge is 0.250 e. The molecule has 2 aliphatic rings. The van der Waals surface area contributed by atoms with Gasteiger partial charge in [-0.15, -0.1) is 0 Å². The Morgan fingerprint density at radius 3 is 1.64 bits per heavy atom. The summed E-state index contributed by atoms with van der Waals surface area (Å²) in [4.78, 5) is 20.7. The zero-order valence-corrected chi connectivity index (χ0v) is 18.3. The molecule has 149 valence electrons. The summed E-state index contributed by atoms with van der Waals surface area (Å²) in [6, 6.07) is 0. The first-order valence-corrected chi connectivity index (χ1v) is 9.18. The van der Waals surface area contributed by atoms with Gasteiger partial charge in [0.25, 0.3) is 6.43 Å². The number of alkyl halides is 4. The van der Waals surface area contributed by atoms with Gasteiger partial charge in [-0.3, -0.25) is 14.0 Å². The minimum Gasteiger partial charge on any atom is -0.325 e. The largest absolute Gasteiger partial charge is 0.325 e. The van der Waals surface area contributed by atoms with Gasteiger partial charge >= 0.3 is 0 Å². The van der Waals surface area contributed by atoms with Gasteiger partial charge in [0.2, 0.25) is 11.7 Å². The van der Waals surface area contributed by atoms with Gasteiger partial charge in [0, 0.05) is 43.2 Å². The van der Waals surface area contributed by atoms with Crippen molar-refractivity contribution in [1.29, 1.82) is 0 Å². The molecule has 0 atom stereocenters. The number of nitrogens with two attached hydrogens (primary N) is 1. The van der Waals surface area contributed by atoms with Crippen LogP contribution in [0.2, 0.25) is 0 Å². The minimum absolute atomic E-state index is 0. The molecular formula is C15H24ClF4INO2V-. The molecule has 0 spiro atoms. The third kappa shape index (κ3) is 27.0. The molecule has 2 rings (SSSR count). The summed E-state index contributed by atoms with van der Waals surface area (Å²) in [6.07, 6.45) is -0.968. The van der Waals surface area contributed by atoms with E-state index in [2.05, 4.69) is 28.3 Å². The molecule has 0 aromatic heterocycles. The van der Waals surface area contributed by atoms with Crippen LogP contribution in [0, 0.1) is 16.3 Å². The standard InChI is InChI=1S/C7H10F2O.C4H5ClO.C2H5F2N.C2H4I.V/c8-7(9)4-3-6(10)5-1-2-5;5-4(6)3-1-2-3;3-2(4)1-5;1-2-3;/h5,7H,1-4H2;3H,1-2H2;2H,1,5H2;2H,1H3;/q;;;-1;. The SMILES string of the molecule is C[CH-]I.NCC(F)F.O=C(CCC(F)F)C1CC1.O=C(Cl)C1CC1.[V]. The fourth-order valence-corrected chi connectivity index (χ4v) is 1.39. The van der Waals surface area contributed by atoms with Crippen LogP contribution in [0.4, 0.5) is 17.6 Å². The Balaban J connectivity index is -0.000000280. The number of Topliss-reactive ketones (excluding diaryl/α,β-unsaturated/α-hetero) is 1. The van der Waals surface area contributed by atoms with Crippen molar-refractivity contribution in [3.05, 3.63) is 4.43 Å². The van der Waals surface area contributed by atoms with Crippen molar-refractivity contribution < 1.29 is 45.7 Å². The van der Waals surface area contributed by atoms with E-state index in [1.807, 2.05) is 11.4 Å². The van der Waals surface area contributed by atoms with Gasteiger partial charge in [-0.2, -0.15) is 6.92 Å². The molecule has 3 nitrogen and oxygen atoms in total.